The fourth-order valence-corrected chi connectivity index (χ4v) is 4.67. The second-order valence-electron chi connectivity index (χ2n) is 8.90. The number of carbonyl (C=O) groups is 3. The predicted octanol–water partition coefficient (Wildman–Crippen LogP) is 3.89. The van der Waals surface area contributed by atoms with Crippen molar-refractivity contribution >= 4 is 35.0 Å². The van der Waals surface area contributed by atoms with Crippen LogP contribution in [0.5, 0.6) is 5.75 Å². The van der Waals surface area contributed by atoms with Crippen molar-refractivity contribution < 1.29 is 23.9 Å². The smallest absolute Gasteiger partial charge is 0.257 e. The van der Waals surface area contributed by atoms with Crippen LogP contribution in [0.3, 0.4) is 0 Å². The third kappa shape index (κ3) is 5.94. The van der Waals surface area contributed by atoms with Gasteiger partial charge in [0.05, 0.1) is 24.1 Å². The van der Waals surface area contributed by atoms with E-state index in [1.54, 1.807) is 54.4 Å². The second kappa shape index (κ2) is 11.1. The SMILES string of the molecule is CCCNC(=O)C[C@@H]1CC[C@H]2[C@@H](COc3ccc(NC(=O)c4cccc(Cl)c4)cc3C(=O)N2C)O1. The van der Waals surface area contributed by atoms with Crippen molar-refractivity contribution in [1.29, 1.82) is 0 Å². The van der Waals surface area contributed by atoms with Crippen LogP contribution in [-0.4, -0.2) is 61.1 Å². The van der Waals surface area contributed by atoms with Gasteiger partial charge in [-0.1, -0.05) is 24.6 Å². The molecule has 2 aromatic carbocycles. The molecule has 2 heterocycles. The Bertz CT molecular complexity index is 1110. The number of benzene rings is 2. The fourth-order valence-electron chi connectivity index (χ4n) is 4.48. The average Bonchev–Trinajstić information content (AvgIpc) is 2.85. The third-order valence-corrected chi connectivity index (χ3v) is 6.58. The number of hydrogen-bond donors (Lipinski definition) is 2. The number of amides is 3. The molecule has 2 aliphatic heterocycles. The molecule has 3 atom stereocenters. The van der Waals surface area contributed by atoms with Crippen LogP contribution >= 0.6 is 11.6 Å². The molecule has 0 spiro atoms. The molecule has 4 rings (SSSR count). The lowest BCUT2D eigenvalue weighted by Crippen LogP contribution is -2.54. The van der Waals surface area contributed by atoms with Gasteiger partial charge in [0.15, 0.2) is 0 Å². The zero-order valence-corrected chi connectivity index (χ0v) is 20.6. The van der Waals surface area contributed by atoms with Gasteiger partial charge in [-0.3, -0.25) is 14.4 Å². The fraction of sp³-hybridized carbons (Fsp3) is 0.423. The summed E-state index contributed by atoms with van der Waals surface area (Å²) >= 11 is 5.99. The Kier molecular flexibility index (Phi) is 7.93. The quantitative estimate of drug-likeness (QED) is 0.628. The van der Waals surface area contributed by atoms with Gasteiger partial charge in [-0.2, -0.15) is 0 Å². The summed E-state index contributed by atoms with van der Waals surface area (Å²) in [6.07, 6.45) is 2.03. The molecular formula is C26H30ClN3O5. The summed E-state index contributed by atoms with van der Waals surface area (Å²) < 4.78 is 12.2. The minimum Gasteiger partial charge on any atom is -0.490 e. The minimum absolute atomic E-state index is 0.0239. The largest absolute Gasteiger partial charge is 0.490 e. The van der Waals surface area contributed by atoms with Gasteiger partial charge >= 0.3 is 0 Å². The van der Waals surface area contributed by atoms with E-state index in [-0.39, 0.29) is 42.6 Å². The number of hydrogen-bond acceptors (Lipinski definition) is 5. The molecule has 2 aromatic rings. The number of fused-ring (bicyclic) bond motifs is 2. The highest BCUT2D eigenvalue weighted by atomic mass is 35.5. The number of nitrogens with one attached hydrogen (secondary N) is 2. The number of likely N-dealkylation sites (N-methyl/N-ethyl adjacent to an activating group) is 1. The van der Waals surface area contributed by atoms with Crippen molar-refractivity contribution in [1.82, 2.24) is 10.2 Å². The monoisotopic (exact) mass is 499 g/mol. The first-order valence-electron chi connectivity index (χ1n) is 11.9. The van der Waals surface area contributed by atoms with E-state index in [2.05, 4.69) is 10.6 Å². The van der Waals surface area contributed by atoms with E-state index in [9.17, 15) is 14.4 Å². The van der Waals surface area contributed by atoms with Gasteiger partial charge in [0.1, 0.15) is 18.5 Å². The first-order valence-corrected chi connectivity index (χ1v) is 12.3. The summed E-state index contributed by atoms with van der Waals surface area (Å²) in [6.45, 7) is 2.92. The van der Waals surface area contributed by atoms with Gasteiger partial charge in [-0.15, -0.1) is 0 Å². The average molecular weight is 500 g/mol. The molecule has 0 saturated carbocycles. The molecule has 35 heavy (non-hydrogen) atoms. The molecule has 9 heteroatoms. The topological polar surface area (TPSA) is 97.0 Å². The zero-order valence-electron chi connectivity index (χ0n) is 19.9. The maximum absolute atomic E-state index is 13.4. The number of rotatable bonds is 6. The molecule has 0 bridgehead atoms. The molecule has 0 radical (unpaired) electrons. The lowest BCUT2D eigenvalue weighted by Gasteiger charge is -2.42. The van der Waals surface area contributed by atoms with Crippen LogP contribution in [0, 0.1) is 0 Å². The Labute approximate surface area is 209 Å². The van der Waals surface area contributed by atoms with Crippen LogP contribution in [0.25, 0.3) is 0 Å². The third-order valence-electron chi connectivity index (χ3n) is 6.34. The van der Waals surface area contributed by atoms with Crippen molar-refractivity contribution in [3.05, 3.63) is 58.6 Å². The summed E-state index contributed by atoms with van der Waals surface area (Å²) in [5.74, 6) is -0.136. The summed E-state index contributed by atoms with van der Waals surface area (Å²) in [7, 11) is 1.75. The van der Waals surface area contributed by atoms with Gasteiger partial charge in [0.25, 0.3) is 11.8 Å². The van der Waals surface area contributed by atoms with Gasteiger partial charge < -0.3 is 25.0 Å². The Morgan fingerprint density at radius 3 is 2.77 bits per heavy atom. The Morgan fingerprint density at radius 1 is 1.17 bits per heavy atom. The lowest BCUT2D eigenvalue weighted by atomic mass is 9.94. The first-order chi connectivity index (χ1) is 16.9. The molecule has 3 amide bonds. The van der Waals surface area contributed by atoms with E-state index >= 15 is 0 Å². The van der Waals surface area contributed by atoms with E-state index < -0.39 is 0 Å². The maximum atomic E-state index is 13.4. The molecule has 8 nitrogen and oxygen atoms in total. The zero-order chi connectivity index (χ0) is 24.9. The number of ether oxygens (including phenoxy) is 2. The van der Waals surface area contributed by atoms with Gasteiger partial charge in [-0.05, 0) is 55.7 Å². The highest BCUT2D eigenvalue weighted by Gasteiger charge is 2.39. The van der Waals surface area contributed by atoms with E-state index in [4.69, 9.17) is 21.1 Å². The van der Waals surface area contributed by atoms with E-state index in [1.165, 1.54) is 0 Å². The van der Waals surface area contributed by atoms with E-state index in [0.717, 1.165) is 6.42 Å². The van der Waals surface area contributed by atoms with Crippen molar-refractivity contribution in [2.75, 3.05) is 25.5 Å². The lowest BCUT2D eigenvalue weighted by molar-refractivity contribution is -0.134. The predicted molar refractivity (Wildman–Crippen MR) is 133 cm³/mol. The highest BCUT2D eigenvalue weighted by molar-refractivity contribution is 6.31. The van der Waals surface area contributed by atoms with E-state index in [1.807, 2.05) is 6.92 Å². The van der Waals surface area contributed by atoms with Crippen molar-refractivity contribution in [3.8, 4) is 5.75 Å². The standard InChI is InChI=1S/C26H30ClN3O5/c1-3-11-28-24(31)14-19-8-9-21-23(35-19)15-34-22-10-7-18(13-20(22)26(33)30(21)2)29-25(32)16-5-4-6-17(27)12-16/h4-7,10,12-13,19,21,23H,3,8-9,11,14-15H2,1-2H3,(H,28,31)(H,29,32)/t19-,21-,23+/m0/s1. The van der Waals surface area contributed by atoms with Gasteiger partial charge in [0.2, 0.25) is 5.91 Å². The number of nitrogens with zero attached hydrogens (tertiary/aromatic N) is 1. The number of carbonyl (C=O) groups excluding carboxylic acids is 3. The maximum Gasteiger partial charge on any atom is 0.257 e. The molecule has 2 N–H and O–H groups in total. The summed E-state index contributed by atoms with van der Waals surface area (Å²) in [6, 6.07) is 11.5. The van der Waals surface area contributed by atoms with Crippen LogP contribution in [0.1, 0.15) is 53.3 Å². The summed E-state index contributed by atoms with van der Waals surface area (Å²) in [5, 5.41) is 6.17. The Balaban J connectivity index is 1.47. The Hall–Kier alpha value is -3.10. The van der Waals surface area contributed by atoms with Gasteiger partial charge in [-0.25, -0.2) is 0 Å². The summed E-state index contributed by atoms with van der Waals surface area (Å²) in [5.41, 5.74) is 1.27. The molecule has 1 saturated heterocycles. The van der Waals surface area contributed by atoms with Crippen LogP contribution in [-0.2, 0) is 9.53 Å². The number of anilines is 1. The normalized spacial score (nSPS) is 21.6. The summed E-state index contributed by atoms with van der Waals surface area (Å²) in [4.78, 5) is 39.8. The molecule has 0 unspecified atom stereocenters. The van der Waals surface area contributed by atoms with Crippen LogP contribution < -0.4 is 15.4 Å². The highest BCUT2D eigenvalue weighted by Crippen LogP contribution is 2.32. The van der Waals surface area contributed by atoms with Gasteiger partial charge in [0, 0.05) is 29.9 Å². The number of halogens is 1. The van der Waals surface area contributed by atoms with Crippen LogP contribution in [0.4, 0.5) is 5.69 Å². The first kappa shape index (κ1) is 25.0. The second-order valence-corrected chi connectivity index (χ2v) is 9.33. The van der Waals surface area contributed by atoms with Crippen molar-refractivity contribution in [2.45, 2.75) is 50.9 Å². The van der Waals surface area contributed by atoms with Crippen molar-refractivity contribution in [2.24, 2.45) is 0 Å². The molecule has 1 fully saturated rings. The van der Waals surface area contributed by atoms with Crippen LogP contribution in [0.15, 0.2) is 42.5 Å². The van der Waals surface area contributed by atoms with Crippen LogP contribution in [0.2, 0.25) is 5.02 Å². The molecule has 0 aliphatic carbocycles. The minimum atomic E-state index is -0.336. The Morgan fingerprint density at radius 2 is 2.00 bits per heavy atom. The van der Waals surface area contributed by atoms with E-state index in [0.29, 0.717) is 53.4 Å². The molecule has 0 aromatic heterocycles. The molecule has 2 aliphatic rings. The molecule has 186 valence electrons. The molecular weight excluding hydrogens is 470 g/mol. The van der Waals surface area contributed by atoms with Crippen molar-refractivity contribution in [3.63, 3.8) is 0 Å².